The molecule has 4 aliphatic rings. The first-order valence-corrected chi connectivity index (χ1v) is 12.1. The Balaban J connectivity index is 2.01. The van der Waals surface area contributed by atoms with Crippen LogP contribution in [0.3, 0.4) is 0 Å². The van der Waals surface area contributed by atoms with Crippen molar-refractivity contribution in [1.29, 1.82) is 0 Å². The lowest BCUT2D eigenvalue weighted by atomic mass is 9.37. The van der Waals surface area contributed by atoms with Crippen molar-refractivity contribution < 1.29 is 19.1 Å². The van der Waals surface area contributed by atoms with Crippen LogP contribution in [0.4, 0.5) is 0 Å². The highest BCUT2D eigenvalue weighted by atomic mass is 32.2. The van der Waals surface area contributed by atoms with E-state index >= 15 is 0 Å². The number of hydrogen-bond donors (Lipinski definition) is 0. The predicted molar refractivity (Wildman–Crippen MR) is 118 cm³/mol. The van der Waals surface area contributed by atoms with Crippen LogP contribution in [0, 0.1) is 34.5 Å². The number of ketones is 2. The van der Waals surface area contributed by atoms with E-state index in [0.29, 0.717) is 16.4 Å². The summed E-state index contributed by atoms with van der Waals surface area (Å²) >= 11 is 6.82. The lowest BCUT2D eigenvalue weighted by Gasteiger charge is -2.63. The first-order valence-electron chi connectivity index (χ1n) is 10.4. The molecule has 0 aliphatic heterocycles. The van der Waals surface area contributed by atoms with E-state index in [0.717, 1.165) is 12.8 Å². The van der Waals surface area contributed by atoms with Gasteiger partial charge in [-0.05, 0) is 69.3 Å². The number of ether oxygens (including phenoxy) is 2. The number of carbonyl (C=O) groups is 2. The van der Waals surface area contributed by atoms with Crippen molar-refractivity contribution in [2.24, 2.45) is 34.5 Å². The van der Waals surface area contributed by atoms with Crippen LogP contribution in [0.5, 0.6) is 0 Å². The van der Waals surface area contributed by atoms with Crippen LogP contribution in [-0.2, 0) is 19.1 Å². The summed E-state index contributed by atoms with van der Waals surface area (Å²) < 4.78 is 12.3. The second-order valence-corrected chi connectivity index (χ2v) is 10.8. The zero-order chi connectivity index (χ0) is 21.3. The van der Waals surface area contributed by atoms with Gasteiger partial charge in [0.05, 0.1) is 17.9 Å². The average molecular weight is 435 g/mol. The van der Waals surface area contributed by atoms with E-state index in [4.69, 9.17) is 21.7 Å². The van der Waals surface area contributed by atoms with Gasteiger partial charge in [0.15, 0.2) is 11.5 Å². The molecule has 0 heterocycles. The molecule has 1 spiro atoms. The molecule has 0 aromatic rings. The van der Waals surface area contributed by atoms with Crippen LogP contribution in [0.25, 0.3) is 0 Å². The van der Waals surface area contributed by atoms with E-state index in [-0.39, 0.29) is 47.1 Å². The molecule has 2 fully saturated rings. The molecule has 0 saturated heterocycles. The minimum absolute atomic E-state index is 0.000411. The van der Waals surface area contributed by atoms with Crippen LogP contribution in [-0.4, -0.2) is 35.4 Å². The van der Waals surface area contributed by atoms with Crippen molar-refractivity contribution in [3.8, 4) is 0 Å². The smallest absolute Gasteiger partial charge is 0.219 e. The van der Waals surface area contributed by atoms with Crippen molar-refractivity contribution in [3.05, 3.63) is 23.0 Å². The van der Waals surface area contributed by atoms with Crippen molar-refractivity contribution >= 4 is 39.9 Å². The first-order chi connectivity index (χ1) is 13.7. The van der Waals surface area contributed by atoms with Gasteiger partial charge in [0.2, 0.25) is 10.2 Å². The van der Waals surface area contributed by atoms with Crippen molar-refractivity contribution in [2.75, 3.05) is 13.4 Å². The maximum Gasteiger partial charge on any atom is 0.219 e. The summed E-state index contributed by atoms with van der Waals surface area (Å²) in [6.07, 6.45) is 6.30. The summed E-state index contributed by atoms with van der Waals surface area (Å²) in [6, 6.07) is 0. The molecule has 7 atom stereocenters. The fourth-order valence-corrected chi connectivity index (χ4v) is 7.87. The minimum atomic E-state index is -0.758. The molecule has 0 N–H and O–H groups in total. The van der Waals surface area contributed by atoms with Gasteiger partial charge in [0, 0.05) is 11.5 Å². The van der Waals surface area contributed by atoms with Crippen LogP contribution in [0.2, 0.25) is 0 Å². The molecule has 1 unspecified atom stereocenters. The molecule has 0 amide bonds. The van der Waals surface area contributed by atoms with Crippen LogP contribution < -0.4 is 0 Å². The summed E-state index contributed by atoms with van der Waals surface area (Å²) in [5.74, 6) is 0.676. The van der Waals surface area contributed by atoms with E-state index < -0.39 is 10.8 Å². The number of Topliss-reactive ketones (excluding diaryl/α,β-unsaturated/α-hetero) is 2. The summed E-state index contributed by atoms with van der Waals surface area (Å²) in [6.45, 7) is 8.19. The number of hydrogen-bond acceptors (Lipinski definition) is 6. The molecule has 4 nitrogen and oxygen atoms in total. The molecule has 0 aromatic carbocycles. The number of allylic oxidation sites excluding steroid dienone is 4. The van der Waals surface area contributed by atoms with Crippen molar-refractivity contribution in [2.45, 2.75) is 53.1 Å². The SMILES string of the molecule is COC1=C(C)C(=O)C23[C@H]4[C@H](C)C[C@H]2C=C(C)C[C@]3(C1=O)[C@@H](C)C[C@@H]4OC(=S)SC. The molecule has 29 heavy (non-hydrogen) atoms. The Morgan fingerprint density at radius 1 is 1.21 bits per heavy atom. The fraction of sp³-hybridized carbons (Fsp3) is 0.696. The second kappa shape index (κ2) is 6.94. The Morgan fingerprint density at radius 3 is 2.52 bits per heavy atom. The maximum atomic E-state index is 14.2. The fourth-order valence-electron chi connectivity index (χ4n) is 7.52. The molecule has 0 bridgehead atoms. The Bertz CT molecular complexity index is 859. The Kier molecular flexibility index (Phi) is 5.05. The third-order valence-corrected chi connectivity index (χ3v) is 9.27. The molecule has 0 aromatic heterocycles. The summed E-state index contributed by atoms with van der Waals surface area (Å²) in [7, 11) is 1.51. The van der Waals surface area contributed by atoms with Gasteiger partial charge in [-0.2, -0.15) is 0 Å². The number of carbonyl (C=O) groups excluding carboxylic acids is 2. The Labute approximate surface area is 182 Å². The minimum Gasteiger partial charge on any atom is -0.493 e. The molecule has 6 heteroatoms. The van der Waals surface area contributed by atoms with Gasteiger partial charge < -0.3 is 9.47 Å². The highest BCUT2D eigenvalue weighted by molar-refractivity contribution is 8.22. The van der Waals surface area contributed by atoms with Gasteiger partial charge in [0.25, 0.3) is 0 Å². The summed E-state index contributed by atoms with van der Waals surface area (Å²) in [5, 5.41) is 0. The van der Waals surface area contributed by atoms with Crippen molar-refractivity contribution in [3.63, 3.8) is 0 Å². The normalized spacial score (nSPS) is 43.5. The van der Waals surface area contributed by atoms with E-state index in [2.05, 4.69) is 26.8 Å². The molecular weight excluding hydrogens is 404 g/mol. The standard InChI is InChI=1S/C23H30O4S2/c1-11-7-15-8-12(2)17-16(27-21(28)29-6)9-13(3)22(10-11)20(25)18(26-5)14(4)19(24)23(15,17)22/h7,12-13,15-17H,8-10H2,1-6H3/t12-,13+,15-,16+,17+,22-,23?/m1/s1. The summed E-state index contributed by atoms with van der Waals surface area (Å²) in [5.41, 5.74) is 0.172. The Morgan fingerprint density at radius 2 is 1.90 bits per heavy atom. The lowest BCUT2D eigenvalue weighted by molar-refractivity contribution is -0.186. The highest BCUT2D eigenvalue weighted by Crippen LogP contribution is 2.74. The number of thioether (sulfide) groups is 1. The molecule has 0 radical (unpaired) electrons. The van der Waals surface area contributed by atoms with Crippen LogP contribution in [0.15, 0.2) is 23.0 Å². The molecule has 158 valence electrons. The molecule has 2 saturated carbocycles. The largest absolute Gasteiger partial charge is 0.493 e. The molecule has 4 rings (SSSR count). The zero-order valence-electron chi connectivity index (χ0n) is 18.0. The second-order valence-electron chi connectivity index (χ2n) is 9.44. The monoisotopic (exact) mass is 434 g/mol. The van der Waals surface area contributed by atoms with Gasteiger partial charge in [0.1, 0.15) is 6.10 Å². The van der Waals surface area contributed by atoms with Gasteiger partial charge in [-0.15, -0.1) is 0 Å². The maximum absolute atomic E-state index is 14.2. The van der Waals surface area contributed by atoms with Crippen LogP contribution in [0.1, 0.15) is 47.0 Å². The number of rotatable bonds is 2. The highest BCUT2D eigenvalue weighted by Gasteiger charge is 2.78. The van der Waals surface area contributed by atoms with Gasteiger partial charge in [-0.1, -0.05) is 37.3 Å². The third-order valence-electron chi connectivity index (χ3n) is 8.25. The van der Waals surface area contributed by atoms with E-state index in [1.807, 2.05) is 6.26 Å². The number of thiocarbonyl (C=S) groups is 1. The third kappa shape index (κ3) is 2.42. The number of methoxy groups -OCH3 is 1. The van der Waals surface area contributed by atoms with Gasteiger partial charge in [-0.3, -0.25) is 9.59 Å². The van der Waals surface area contributed by atoms with E-state index in [1.54, 1.807) is 6.92 Å². The lowest BCUT2D eigenvalue weighted by Crippen LogP contribution is -2.69. The predicted octanol–water partition coefficient (Wildman–Crippen LogP) is 4.73. The summed E-state index contributed by atoms with van der Waals surface area (Å²) in [4.78, 5) is 28.2. The van der Waals surface area contributed by atoms with E-state index in [9.17, 15) is 9.59 Å². The molecule has 4 aliphatic carbocycles. The average Bonchev–Trinajstić information content (AvgIpc) is 2.97. The Hall–Kier alpha value is -1.14. The van der Waals surface area contributed by atoms with Crippen molar-refractivity contribution in [1.82, 2.24) is 0 Å². The van der Waals surface area contributed by atoms with Gasteiger partial charge >= 0.3 is 0 Å². The van der Waals surface area contributed by atoms with E-state index in [1.165, 1.54) is 24.4 Å². The first kappa shape index (κ1) is 21.1. The van der Waals surface area contributed by atoms with Crippen LogP contribution >= 0.6 is 24.0 Å². The van der Waals surface area contributed by atoms with Gasteiger partial charge in [-0.25, -0.2) is 0 Å². The molecular formula is C23H30O4S2. The quantitative estimate of drug-likeness (QED) is 0.463. The zero-order valence-corrected chi connectivity index (χ0v) is 19.7. The topological polar surface area (TPSA) is 52.6 Å².